The van der Waals surface area contributed by atoms with Crippen LogP contribution >= 0.6 is 27.3 Å². The van der Waals surface area contributed by atoms with E-state index in [-0.39, 0.29) is 23.0 Å². The maximum absolute atomic E-state index is 12.2. The van der Waals surface area contributed by atoms with E-state index in [2.05, 4.69) is 26.2 Å². The molecule has 0 atom stereocenters. The normalized spacial score (nSPS) is 11.2. The van der Waals surface area contributed by atoms with Crippen molar-refractivity contribution in [1.29, 1.82) is 0 Å². The van der Waals surface area contributed by atoms with Crippen molar-refractivity contribution in [2.75, 3.05) is 18.2 Å². The SMILES string of the molecule is COc1ccc(S(=O)(=O)CCC(=O)Nc2ncc(Br)s2)cc1. The zero-order valence-corrected chi connectivity index (χ0v) is 14.8. The number of sulfone groups is 1. The molecule has 6 nitrogen and oxygen atoms in total. The number of amides is 1. The van der Waals surface area contributed by atoms with Crippen LogP contribution in [-0.4, -0.2) is 32.2 Å². The van der Waals surface area contributed by atoms with Gasteiger partial charge in [0.2, 0.25) is 5.91 Å². The summed E-state index contributed by atoms with van der Waals surface area (Å²) in [6.45, 7) is 0. The monoisotopic (exact) mass is 404 g/mol. The van der Waals surface area contributed by atoms with E-state index in [1.165, 1.54) is 30.6 Å². The van der Waals surface area contributed by atoms with E-state index in [0.717, 1.165) is 3.79 Å². The number of hydrogen-bond acceptors (Lipinski definition) is 6. The molecule has 9 heteroatoms. The first-order chi connectivity index (χ1) is 10.4. The molecule has 0 saturated carbocycles. The zero-order chi connectivity index (χ0) is 16.2. The second-order valence-electron chi connectivity index (χ2n) is 4.26. The van der Waals surface area contributed by atoms with Crippen LogP contribution in [-0.2, 0) is 14.6 Å². The van der Waals surface area contributed by atoms with Crippen LogP contribution in [0, 0.1) is 0 Å². The Balaban J connectivity index is 1.95. The molecule has 1 heterocycles. The number of carbonyl (C=O) groups is 1. The first kappa shape index (κ1) is 16.9. The zero-order valence-electron chi connectivity index (χ0n) is 11.6. The van der Waals surface area contributed by atoms with Gasteiger partial charge in [-0.1, -0.05) is 11.3 Å². The van der Waals surface area contributed by atoms with Gasteiger partial charge in [-0.05, 0) is 40.2 Å². The van der Waals surface area contributed by atoms with Crippen LogP contribution in [0.5, 0.6) is 5.75 Å². The van der Waals surface area contributed by atoms with Crippen molar-refractivity contribution in [3.63, 3.8) is 0 Å². The first-order valence-corrected chi connectivity index (χ1v) is 9.45. The molecule has 1 aromatic carbocycles. The molecule has 0 aliphatic rings. The summed E-state index contributed by atoms with van der Waals surface area (Å²) in [7, 11) is -2.01. The highest BCUT2D eigenvalue weighted by Gasteiger charge is 2.17. The van der Waals surface area contributed by atoms with E-state index in [9.17, 15) is 13.2 Å². The summed E-state index contributed by atoms with van der Waals surface area (Å²) < 4.78 is 30.1. The van der Waals surface area contributed by atoms with Gasteiger partial charge in [-0.25, -0.2) is 13.4 Å². The average molecular weight is 405 g/mol. The van der Waals surface area contributed by atoms with Crippen molar-refractivity contribution in [3.8, 4) is 5.75 Å². The van der Waals surface area contributed by atoms with Crippen LogP contribution in [0.25, 0.3) is 0 Å². The van der Waals surface area contributed by atoms with E-state index in [1.54, 1.807) is 18.3 Å². The molecule has 0 saturated heterocycles. The minimum atomic E-state index is -3.51. The lowest BCUT2D eigenvalue weighted by atomic mass is 10.3. The molecule has 2 aromatic rings. The molecular weight excluding hydrogens is 392 g/mol. The molecule has 1 aromatic heterocycles. The summed E-state index contributed by atoms with van der Waals surface area (Å²) >= 11 is 4.49. The Morgan fingerprint density at radius 1 is 1.36 bits per heavy atom. The van der Waals surface area contributed by atoms with Crippen LogP contribution in [0.2, 0.25) is 0 Å². The number of nitrogens with one attached hydrogen (secondary N) is 1. The molecule has 0 spiro atoms. The summed E-state index contributed by atoms with van der Waals surface area (Å²) in [5, 5.41) is 2.99. The maximum Gasteiger partial charge on any atom is 0.227 e. The Kier molecular flexibility index (Phi) is 5.54. The highest BCUT2D eigenvalue weighted by atomic mass is 79.9. The fourth-order valence-electron chi connectivity index (χ4n) is 1.62. The molecule has 1 N–H and O–H groups in total. The van der Waals surface area contributed by atoms with Gasteiger partial charge in [-0.3, -0.25) is 4.79 Å². The number of rotatable bonds is 6. The number of methoxy groups -OCH3 is 1. The summed E-state index contributed by atoms with van der Waals surface area (Å²) in [5.74, 6) is -0.0810. The molecule has 118 valence electrons. The van der Waals surface area contributed by atoms with Gasteiger partial charge in [0.15, 0.2) is 15.0 Å². The molecule has 22 heavy (non-hydrogen) atoms. The minimum Gasteiger partial charge on any atom is -0.497 e. The highest BCUT2D eigenvalue weighted by Crippen LogP contribution is 2.23. The maximum atomic E-state index is 12.2. The van der Waals surface area contributed by atoms with Crippen LogP contribution in [0.1, 0.15) is 6.42 Å². The third-order valence-electron chi connectivity index (χ3n) is 2.74. The van der Waals surface area contributed by atoms with Crippen molar-refractivity contribution in [2.45, 2.75) is 11.3 Å². The fraction of sp³-hybridized carbons (Fsp3) is 0.231. The summed E-state index contributed by atoms with van der Waals surface area (Å²) in [6, 6.07) is 6.06. The lowest BCUT2D eigenvalue weighted by molar-refractivity contribution is -0.115. The summed E-state index contributed by atoms with van der Waals surface area (Å²) in [5.41, 5.74) is 0. The Morgan fingerprint density at radius 3 is 2.59 bits per heavy atom. The van der Waals surface area contributed by atoms with Crippen molar-refractivity contribution in [3.05, 3.63) is 34.2 Å². The number of thiazole rings is 1. The Labute approximate surface area is 140 Å². The second kappa shape index (κ2) is 7.21. The van der Waals surface area contributed by atoms with Gasteiger partial charge in [-0.2, -0.15) is 0 Å². The quantitative estimate of drug-likeness (QED) is 0.799. The number of anilines is 1. The lowest BCUT2D eigenvalue weighted by Crippen LogP contribution is -2.17. The van der Waals surface area contributed by atoms with Gasteiger partial charge in [0.05, 0.1) is 27.7 Å². The molecule has 0 fully saturated rings. The number of aromatic nitrogens is 1. The molecular formula is C13H13BrN2O4S2. The number of benzene rings is 1. The smallest absolute Gasteiger partial charge is 0.227 e. The Bertz CT molecular complexity index is 757. The topological polar surface area (TPSA) is 85.4 Å². The van der Waals surface area contributed by atoms with Gasteiger partial charge in [-0.15, -0.1) is 0 Å². The van der Waals surface area contributed by atoms with Crippen molar-refractivity contribution < 1.29 is 17.9 Å². The largest absolute Gasteiger partial charge is 0.497 e. The molecule has 0 radical (unpaired) electrons. The number of carbonyl (C=O) groups excluding carboxylic acids is 1. The first-order valence-electron chi connectivity index (χ1n) is 6.19. The standard InChI is InChI=1S/C13H13BrN2O4S2/c1-20-9-2-4-10(5-3-9)22(18,19)7-6-12(17)16-13-15-8-11(14)21-13/h2-5,8H,6-7H2,1H3,(H,15,16,17). The predicted molar refractivity (Wildman–Crippen MR) is 88.1 cm³/mol. The Hall–Kier alpha value is -1.45. The van der Waals surface area contributed by atoms with Crippen molar-refractivity contribution in [2.24, 2.45) is 0 Å². The Morgan fingerprint density at radius 2 is 2.05 bits per heavy atom. The van der Waals surface area contributed by atoms with E-state index >= 15 is 0 Å². The van der Waals surface area contributed by atoms with Gasteiger partial charge in [0.1, 0.15) is 5.75 Å². The number of hydrogen-bond donors (Lipinski definition) is 1. The molecule has 1 amide bonds. The third-order valence-corrected chi connectivity index (χ3v) is 5.86. The average Bonchev–Trinajstić information content (AvgIpc) is 2.90. The van der Waals surface area contributed by atoms with Gasteiger partial charge >= 0.3 is 0 Å². The number of ether oxygens (including phenoxy) is 1. The summed E-state index contributed by atoms with van der Waals surface area (Å²) in [6.07, 6.45) is 1.43. The highest BCUT2D eigenvalue weighted by molar-refractivity contribution is 9.11. The summed E-state index contributed by atoms with van der Waals surface area (Å²) in [4.78, 5) is 15.9. The van der Waals surface area contributed by atoms with Crippen LogP contribution < -0.4 is 10.1 Å². The molecule has 0 bridgehead atoms. The van der Waals surface area contributed by atoms with Crippen LogP contribution in [0.3, 0.4) is 0 Å². The molecule has 0 aliphatic carbocycles. The van der Waals surface area contributed by atoms with E-state index < -0.39 is 9.84 Å². The van der Waals surface area contributed by atoms with Crippen molar-refractivity contribution in [1.82, 2.24) is 4.98 Å². The van der Waals surface area contributed by atoms with Crippen LogP contribution in [0.4, 0.5) is 5.13 Å². The van der Waals surface area contributed by atoms with E-state index in [1.807, 2.05) is 0 Å². The van der Waals surface area contributed by atoms with E-state index in [4.69, 9.17) is 4.74 Å². The van der Waals surface area contributed by atoms with Gasteiger partial charge in [0, 0.05) is 6.42 Å². The number of nitrogens with zero attached hydrogens (tertiary/aromatic N) is 1. The van der Waals surface area contributed by atoms with Gasteiger partial charge in [0.25, 0.3) is 0 Å². The molecule has 0 aliphatic heterocycles. The third kappa shape index (κ3) is 4.52. The second-order valence-corrected chi connectivity index (χ2v) is 8.78. The van der Waals surface area contributed by atoms with E-state index in [0.29, 0.717) is 10.9 Å². The lowest BCUT2D eigenvalue weighted by Gasteiger charge is -2.05. The van der Waals surface area contributed by atoms with Crippen LogP contribution in [0.15, 0.2) is 39.1 Å². The molecule has 2 rings (SSSR count). The minimum absolute atomic E-state index is 0.133. The predicted octanol–water partition coefficient (Wildman–Crippen LogP) is 2.72. The van der Waals surface area contributed by atoms with Gasteiger partial charge < -0.3 is 10.1 Å². The molecule has 0 unspecified atom stereocenters. The fourth-order valence-corrected chi connectivity index (χ4v) is 3.99. The number of halogens is 1. The van der Waals surface area contributed by atoms with Crippen molar-refractivity contribution >= 4 is 48.1 Å².